The van der Waals surface area contributed by atoms with Gasteiger partial charge in [-0.3, -0.25) is 0 Å². The summed E-state index contributed by atoms with van der Waals surface area (Å²) in [7, 11) is 0. The second-order valence-electron chi connectivity index (χ2n) is 3.06. The third kappa shape index (κ3) is 2.10. The van der Waals surface area contributed by atoms with Crippen molar-refractivity contribution in [1.29, 1.82) is 0 Å². The maximum atomic E-state index is 6.82. The van der Waals surface area contributed by atoms with Gasteiger partial charge >= 0.3 is 5.82 Å². The first kappa shape index (κ1) is 8.81. The van der Waals surface area contributed by atoms with E-state index in [-0.39, 0.29) is 0 Å². The third-order valence-electron chi connectivity index (χ3n) is 2.24. The Bertz CT molecular complexity index is 237. The lowest BCUT2D eigenvalue weighted by molar-refractivity contribution is 0.702. The van der Waals surface area contributed by atoms with Gasteiger partial charge in [-0.15, -0.1) is 0 Å². The summed E-state index contributed by atoms with van der Waals surface area (Å²) < 4.78 is 0. The molecular formula is C10H12N2. The van der Waals surface area contributed by atoms with Crippen molar-refractivity contribution >= 4 is 0 Å². The smallest absolute Gasteiger partial charge is 0.154 e. The quantitative estimate of drug-likeness (QED) is 0.379. The summed E-state index contributed by atoms with van der Waals surface area (Å²) in [6.07, 6.45) is 6.77. The Hall–Kier alpha value is -1.28. The summed E-state index contributed by atoms with van der Waals surface area (Å²) in [6, 6.07) is 0. The van der Waals surface area contributed by atoms with Gasteiger partial charge in [-0.2, -0.15) is 9.69 Å². The maximum absolute atomic E-state index is 6.82. The van der Waals surface area contributed by atoms with Gasteiger partial charge in [-0.05, 0) is 12.8 Å². The molecule has 12 heavy (non-hydrogen) atoms. The predicted octanol–water partition coefficient (Wildman–Crippen LogP) is 3.39. The summed E-state index contributed by atoms with van der Waals surface area (Å²) in [5, 5.41) is 0. The molecule has 0 bridgehead atoms. The Labute approximate surface area is 73.5 Å². The first-order chi connectivity index (χ1) is 5.88. The van der Waals surface area contributed by atoms with E-state index >= 15 is 0 Å². The lowest BCUT2D eigenvalue weighted by atomic mass is 10.1. The molecule has 0 aliphatic heterocycles. The summed E-state index contributed by atoms with van der Waals surface area (Å²) in [5.41, 5.74) is 1.09. The molecule has 1 aliphatic rings. The number of hydrogen-bond acceptors (Lipinski definition) is 0. The number of nitrogens with zero attached hydrogens (tertiary/aromatic N) is 2. The number of allylic oxidation sites excluding steroid dienone is 1. The van der Waals surface area contributed by atoms with Crippen LogP contribution in [0.5, 0.6) is 0 Å². The van der Waals surface area contributed by atoms with Crippen molar-refractivity contribution in [1.82, 2.24) is 0 Å². The van der Waals surface area contributed by atoms with Crippen LogP contribution in [-0.2, 0) is 0 Å². The fourth-order valence-corrected chi connectivity index (χ4v) is 1.56. The standard InChI is InChI=1S/C10H12N2/c1-11-10(12-2)9-7-5-3-4-6-8-9/h3-8H2. The van der Waals surface area contributed by atoms with Crippen LogP contribution in [0.15, 0.2) is 11.4 Å². The minimum absolute atomic E-state index is 0.330. The Balaban J connectivity index is 2.78. The van der Waals surface area contributed by atoms with E-state index in [2.05, 4.69) is 9.69 Å². The van der Waals surface area contributed by atoms with Crippen molar-refractivity contribution in [2.75, 3.05) is 0 Å². The van der Waals surface area contributed by atoms with E-state index in [0.29, 0.717) is 5.82 Å². The molecule has 0 aromatic rings. The van der Waals surface area contributed by atoms with Crippen LogP contribution in [0.3, 0.4) is 0 Å². The molecule has 2 heteroatoms. The highest BCUT2D eigenvalue weighted by molar-refractivity contribution is 5.26. The molecule has 0 spiro atoms. The highest BCUT2D eigenvalue weighted by Crippen LogP contribution is 2.25. The zero-order valence-corrected chi connectivity index (χ0v) is 7.14. The molecule has 1 rings (SSSR count). The van der Waals surface area contributed by atoms with E-state index in [0.717, 1.165) is 31.3 Å². The molecule has 62 valence electrons. The molecule has 1 saturated carbocycles. The van der Waals surface area contributed by atoms with E-state index in [1.54, 1.807) is 0 Å². The Kier molecular flexibility index (Phi) is 3.35. The molecule has 0 N–H and O–H groups in total. The maximum Gasteiger partial charge on any atom is 0.518 e. The minimum Gasteiger partial charge on any atom is -0.154 e. The third-order valence-corrected chi connectivity index (χ3v) is 2.24. The van der Waals surface area contributed by atoms with Gasteiger partial charge in [0.05, 0.1) is 0 Å². The molecular weight excluding hydrogens is 148 g/mol. The summed E-state index contributed by atoms with van der Waals surface area (Å²) in [6.45, 7) is 13.6. The van der Waals surface area contributed by atoms with E-state index in [9.17, 15) is 0 Å². The molecule has 0 aromatic heterocycles. The van der Waals surface area contributed by atoms with Gasteiger partial charge in [-0.1, -0.05) is 25.7 Å². The monoisotopic (exact) mass is 160 g/mol. The molecule has 1 fully saturated rings. The predicted molar refractivity (Wildman–Crippen MR) is 47.9 cm³/mol. The molecule has 2 nitrogen and oxygen atoms in total. The zero-order valence-electron chi connectivity index (χ0n) is 7.14. The largest absolute Gasteiger partial charge is 0.518 e. The van der Waals surface area contributed by atoms with Crippen LogP contribution >= 0.6 is 0 Å². The minimum atomic E-state index is 0.330. The van der Waals surface area contributed by atoms with Crippen LogP contribution in [0.4, 0.5) is 0 Å². The van der Waals surface area contributed by atoms with Crippen LogP contribution in [0.1, 0.15) is 38.5 Å². The van der Waals surface area contributed by atoms with Gasteiger partial charge in [0, 0.05) is 5.57 Å². The fraction of sp³-hybridized carbons (Fsp3) is 0.600. The van der Waals surface area contributed by atoms with E-state index in [1.165, 1.54) is 12.8 Å². The summed E-state index contributed by atoms with van der Waals surface area (Å²) in [5.74, 6) is 0.330. The summed E-state index contributed by atoms with van der Waals surface area (Å²) in [4.78, 5) is 6.49. The number of rotatable bonds is 0. The van der Waals surface area contributed by atoms with Gasteiger partial charge in [0.1, 0.15) is 13.1 Å². The van der Waals surface area contributed by atoms with Gasteiger partial charge < -0.3 is 0 Å². The van der Waals surface area contributed by atoms with Crippen LogP contribution in [0, 0.1) is 13.1 Å². The fourth-order valence-electron chi connectivity index (χ4n) is 1.56. The van der Waals surface area contributed by atoms with Crippen LogP contribution in [0.2, 0.25) is 0 Å². The van der Waals surface area contributed by atoms with Crippen molar-refractivity contribution in [3.8, 4) is 0 Å². The zero-order chi connectivity index (χ0) is 8.81. The van der Waals surface area contributed by atoms with Gasteiger partial charge in [-0.25, -0.2) is 0 Å². The number of hydrogen-bond donors (Lipinski definition) is 0. The Morgan fingerprint density at radius 3 is 1.83 bits per heavy atom. The van der Waals surface area contributed by atoms with E-state index < -0.39 is 0 Å². The van der Waals surface area contributed by atoms with Gasteiger partial charge in [0.25, 0.3) is 0 Å². The first-order valence-corrected chi connectivity index (χ1v) is 4.35. The van der Waals surface area contributed by atoms with E-state index in [4.69, 9.17) is 13.1 Å². The van der Waals surface area contributed by atoms with Crippen LogP contribution < -0.4 is 0 Å². The topological polar surface area (TPSA) is 8.72 Å². The lowest BCUT2D eigenvalue weighted by Crippen LogP contribution is -1.83. The Morgan fingerprint density at radius 2 is 1.42 bits per heavy atom. The SMILES string of the molecule is [C-]#[N+]C([N+]#[C-])=C1CCCCCC1. The first-order valence-electron chi connectivity index (χ1n) is 4.35. The van der Waals surface area contributed by atoms with Crippen molar-refractivity contribution in [3.05, 3.63) is 34.2 Å². The average Bonchev–Trinajstić information content (AvgIpc) is 2.35. The summed E-state index contributed by atoms with van der Waals surface area (Å²) >= 11 is 0. The molecule has 0 heterocycles. The molecule has 0 saturated heterocycles. The van der Waals surface area contributed by atoms with Gasteiger partial charge in [0.2, 0.25) is 0 Å². The second-order valence-corrected chi connectivity index (χ2v) is 3.06. The van der Waals surface area contributed by atoms with Crippen LogP contribution in [-0.4, -0.2) is 0 Å². The average molecular weight is 160 g/mol. The highest BCUT2D eigenvalue weighted by Gasteiger charge is 2.15. The van der Waals surface area contributed by atoms with Gasteiger partial charge in [0.15, 0.2) is 0 Å². The molecule has 1 aliphatic carbocycles. The van der Waals surface area contributed by atoms with Crippen molar-refractivity contribution in [2.24, 2.45) is 0 Å². The Morgan fingerprint density at radius 1 is 0.917 bits per heavy atom. The van der Waals surface area contributed by atoms with Crippen LogP contribution in [0.25, 0.3) is 9.69 Å². The molecule has 0 radical (unpaired) electrons. The van der Waals surface area contributed by atoms with Crippen molar-refractivity contribution < 1.29 is 0 Å². The highest BCUT2D eigenvalue weighted by atomic mass is 14.9. The molecule has 0 amide bonds. The van der Waals surface area contributed by atoms with Crippen molar-refractivity contribution in [3.63, 3.8) is 0 Å². The normalized spacial score (nSPS) is 17.3. The molecule has 0 unspecified atom stereocenters. The van der Waals surface area contributed by atoms with Crippen molar-refractivity contribution in [2.45, 2.75) is 38.5 Å². The second kappa shape index (κ2) is 4.57. The lowest BCUT2D eigenvalue weighted by Gasteiger charge is -1.95. The molecule has 0 aromatic carbocycles. The van der Waals surface area contributed by atoms with E-state index in [1.807, 2.05) is 0 Å². The molecule has 0 atom stereocenters.